The van der Waals surface area contributed by atoms with Crippen LogP contribution in [-0.2, 0) is 10.7 Å². The Morgan fingerprint density at radius 3 is 1.79 bits per heavy atom. The molecule has 1 aliphatic heterocycles. The number of rotatable bonds is 2. The van der Waals surface area contributed by atoms with Gasteiger partial charge in [-0.25, -0.2) is 8.42 Å². The zero-order valence-corrected chi connectivity index (χ0v) is 10.8. The number of alkyl halides is 4. The molecular weight excluding hydrogens is 292 g/mol. The summed E-state index contributed by atoms with van der Waals surface area (Å²) < 4.78 is 21.2. The van der Waals surface area contributed by atoms with Crippen LogP contribution in [0.1, 0.15) is 0 Å². The molecule has 0 bridgehead atoms. The zero-order valence-electron chi connectivity index (χ0n) is 6.87. The maximum Gasteiger partial charge on any atom is 0.140 e. The average Bonchev–Trinajstić information content (AvgIpc) is 2.09. The number of nitrogens with one attached hydrogen (secondary N) is 1. The van der Waals surface area contributed by atoms with Gasteiger partial charge in [0.15, 0.2) is 0 Å². The highest BCUT2D eigenvalue weighted by atomic mass is 35.5. The van der Waals surface area contributed by atoms with Gasteiger partial charge in [0.1, 0.15) is 21.7 Å². The molecule has 0 aromatic heterocycles. The first-order valence-corrected chi connectivity index (χ1v) is 6.98. The molecule has 4 atom stereocenters. The summed E-state index contributed by atoms with van der Waals surface area (Å²) >= 11 is 23.5. The van der Waals surface area contributed by atoms with Crippen molar-refractivity contribution in [1.82, 2.24) is 5.32 Å². The van der Waals surface area contributed by atoms with Crippen LogP contribution in [0.2, 0.25) is 0 Å². The van der Waals surface area contributed by atoms with Crippen LogP contribution in [-0.4, -0.2) is 35.9 Å². The van der Waals surface area contributed by atoms with Gasteiger partial charge in [-0.2, -0.15) is 0 Å². The monoisotopic (exact) mass is 299 g/mol. The van der Waals surface area contributed by atoms with Crippen molar-refractivity contribution in [3.63, 3.8) is 0 Å². The van der Waals surface area contributed by atoms with Crippen molar-refractivity contribution in [2.24, 2.45) is 5.92 Å². The molecule has 3 nitrogen and oxygen atoms in total. The molecule has 1 saturated heterocycles. The van der Waals surface area contributed by atoms with Crippen LogP contribution in [0.5, 0.6) is 0 Å². The summed E-state index contributed by atoms with van der Waals surface area (Å²) in [7, 11) is -2.53. The van der Waals surface area contributed by atoms with Crippen LogP contribution in [0.15, 0.2) is 0 Å². The van der Waals surface area contributed by atoms with Gasteiger partial charge in [0.05, 0.1) is 16.5 Å². The third kappa shape index (κ3) is 3.03. The SMILES string of the molecule is O=[SH](=O)CC1C(Cl)C(Cl)NC(Cl)C1Cl. The first-order chi connectivity index (χ1) is 6.43. The predicted octanol–water partition coefficient (Wildman–Crippen LogP) is 1.16. The van der Waals surface area contributed by atoms with Crippen LogP contribution in [0, 0.1) is 5.92 Å². The molecule has 0 saturated carbocycles. The van der Waals surface area contributed by atoms with E-state index in [2.05, 4.69) is 5.32 Å². The van der Waals surface area contributed by atoms with E-state index in [1.165, 1.54) is 0 Å². The van der Waals surface area contributed by atoms with Gasteiger partial charge in [-0.1, -0.05) is 0 Å². The molecule has 4 unspecified atom stereocenters. The maximum absolute atomic E-state index is 10.6. The zero-order chi connectivity index (χ0) is 10.9. The summed E-state index contributed by atoms with van der Waals surface area (Å²) in [5.41, 5.74) is -1.12. The van der Waals surface area contributed by atoms with Gasteiger partial charge >= 0.3 is 0 Å². The first-order valence-electron chi connectivity index (χ1n) is 3.87. The topological polar surface area (TPSA) is 46.2 Å². The Kier molecular flexibility index (Phi) is 5.08. The Labute approximate surface area is 104 Å². The molecule has 0 radical (unpaired) electrons. The second-order valence-corrected chi connectivity index (χ2v) is 6.02. The lowest BCUT2D eigenvalue weighted by Crippen LogP contribution is -2.55. The second-order valence-electron chi connectivity index (χ2n) is 3.04. The van der Waals surface area contributed by atoms with Crippen LogP contribution >= 0.6 is 46.4 Å². The number of thiol groups is 1. The van der Waals surface area contributed by atoms with Crippen molar-refractivity contribution in [2.75, 3.05) is 5.75 Å². The van der Waals surface area contributed by atoms with Crippen molar-refractivity contribution in [1.29, 1.82) is 0 Å². The summed E-state index contributed by atoms with van der Waals surface area (Å²) in [6.45, 7) is 0. The quantitative estimate of drug-likeness (QED) is 0.457. The summed E-state index contributed by atoms with van der Waals surface area (Å²) in [6.07, 6.45) is 0. The maximum atomic E-state index is 10.6. The number of piperidine rings is 1. The molecule has 84 valence electrons. The van der Waals surface area contributed by atoms with Crippen LogP contribution < -0.4 is 5.32 Å². The Morgan fingerprint density at radius 1 is 1.00 bits per heavy atom. The fourth-order valence-electron chi connectivity index (χ4n) is 1.32. The highest BCUT2D eigenvalue weighted by Gasteiger charge is 2.41. The Hall–Kier alpha value is 1.07. The summed E-state index contributed by atoms with van der Waals surface area (Å²) in [5.74, 6) is -0.517. The molecule has 1 rings (SSSR count). The molecule has 0 aromatic carbocycles. The lowest BCUT2D eigenvalue weighted by atomic mass is 9.99. The van der Waals surface area contributed by atoms with Crippen molar-refractivity contribution in [3.05, 3.63) is 0 Å². The molecule has 1 heterocycles. The van der Waals surface area contributed by atoms with Crippen molar-refractivity contribution < 1.29 is 8.42 Å². The molecule has 0 aliphatic carbocycles. The molecule has 0 spiro atoms. The van der Waals surface area contributed by atoms with E-state index in [1.54, 1.807) is 0 Å². The number of halogens is 4. The van der Waals surface area contributed by atoms with Crippen LogP contribution in [0.4, 0.5) is 0 Å². The van der Waals surface area contributed by atoms with Crippen LogP contribution in [0.3, 0.4) is 0 Å². The first kappa shape index (κ1) is 13.1. The normalized spacial score (nSPS) is 44.2. The fourth-order valence-corrected chi connectivity index (χ4v) is 3.79. The Morgan fingerprint density at radius 2 is 1.43 bits per heavy atom. The van der Waals surface area contributed by atoms with E-state index in [0.717, 1.165) is 0 Å². The van der Waals surface area contributed by atoms with Gasteiger partial charge in [-0.05, 0) is 0 Å². The molecule has 1 aliphatic rings. The summed E-state index contributed by atoms with van der Waals surface area (Å²) in [4.78, 5) is 0. The van der Waals surface area contributed by atoms with E-state index in [0.29, 0.717) is 0 Å². The molecule has 8 heteroatoms. The predicted molar refractivity (Wildman–Crippen MR) is 60.4 cm³/mol. The van der Waals surface area contributed by atoms with Gasteiger partial charge in [-0.15, -0.1) is 46.4 Å². The fraction of sp³-hybridized carbons (Fsp3) is 1.00. The third-order valence-electron chi connectivity index (χ3n) is 2.06. The third-order valence-corrected chi connectivity index (χ3v) is 4.98. The lowest BCUT2D eigenvalue weighted by Gasteiger charge is -2.37. The van der Waals surface area contributed by atoms with Crippen LogP contribution in [0.25, 0.3) is 0 Å². The minimum absolute atomic E-state index is 0.0915. The minimum Gasteiger partial charge on any atom is -0.283 e. The van der Waals surface area contributed by atoms with Crippen molar-refractivity contribution in [2.45, 2.75) is 21.8 Å². The minimum atomic E-state index is -2.53. The largest absolute Gasteiger partial charge is 0.283 e. The van der Waals surface area contributed by atoms with Gasteiger partial charge in [-0.3, -0.25) is 5.32 Å². The van der Waals surface area contributed by atoms with E-state index in [9.17, 15) is 8.42 Å². The Bertz CT molecular complexity index is 253. The highest BCUT2D eigenvalue weighted by molar-refractivity contribution is 7.72. The smallest absolute Gasteiger partial charge is 0.140 e. The second kappa shape index (κ2) is 5.41. The lowest BCUT2D eigenvalue weighted by molar-refractivity contribution is 0.370. The summed E-state index contributed by atoms with van der Waals surface area (Å²) in [6, 6.07) is 0. The molecule has 1 fully saturated rings. The van der Waals surface area contributed by atoms with E-state index in [4.69, 9.17) is 46.4 Å². The summed E-state index contributed by atoms with van der Waals surface area (Å²) in [5, 5.41) is 1.67. The number of hydrogen-bond acceptors (Lipinski definition) is 3. The van der Waals surface area contributed by atoms with Gasteiger partial charge in [0.25, 0.3) is 0 Å². The van der Waals surface area contributed by atoms with Gasteiger partial charge in [0, 0.05) is 5.92 Å². The van der Waals surface area contributed by atoms with E-state index < -0.39 is 38.4 Å². The van der Waals surface area contributed by atoms with E-state index >= 15 is 0 Å². The molecule has 1 N–H and O–H groups in total. The average molecular weight is 301 g/mol. The van der Waals surface area contributed by atoms with E-state index in [-0.39, 0.29) is 5.75 Å². The molecular formula is C6H9Cl4NO2S. The molecule has 0 aromatic rings. The standard InChI is InChI=1S/C6H9Cl4NO2S/c7-3-2(1-14(12)13)4(8)6(10)11-5(3)9/h2-6,11,14H,1H2. The number of hydrogen-bond donors (Lipinski definition) is 2. The van der Waals surface area contributed by atoms with E-state index in [1.807, 2.05) is 0 Å². The van der Waals surface area contributed by atoms with Gasteiger partial charge < -0.3 is 0 Å². The molecule has 14 heavy (non-hydrogen) atoms. The van der Waals surface area contributed by atoms with Gasteiger partial charge in [0.2, 0.25) is 0 Å². The Balaban J connectivity index is 2.76. The highest BCUT2D eigenvalue weighted by Crippen LogP contribution is 2.32. The molecule has 0 amide bonds. The van der Waals surface area contributed by atoms with Crippen molar-refractivity contribution >= 4 is 57.1 Å². The van der Waals surface area contributed by atoms with Crippen molar-refractivity contribution in [3.8, 4) is 0 Å².